The molecular weight excluding hydrogens is 461 g/mol. The average molecular weight is 486 g/mol. The third kappa shape index (κ3) is 4.18. The average Bonchev–Trinajstić information content (AvgIpc) is 3.55. The zero-order chi connectivity index (χ0) is 24.0. The number of carbonyl (C=O) groups excluding carboxylic acids is 1. The Morgan fingerprint density at radius 3 is 2.74 bits per heavy atom. The molecule has 0 saturated heterocycles. The summed E-state index contributed by atoms with van der Waals surface area (Å²) in [6.07, 6.45) is 1.77. The van der Waals surface area contributed by atoms with E-state index in [0.29, 0.717) is 42.9 Å². The van der Waals surface area contributed by atoms with Crippen molar-refractivity contribution in [1.29, 1.82) is 0 Å². The minimum atomic E-state index is -3.35. The van der Waals surface area contributed by atoms with Gasteiger partial charge >= 0.3 is 0 Å². The molecule has 1 N–H and O–H groups in total. The molecule has 34 heavy (non-hydrogen) atoms. The summed E-state index contributed by atoms with van der Waals surface area (Å²) in [5.41, 5.74) is 1.66. The number of pyridine rings is 1. The highest BCUT2D eigenvalue weighted by molar-refractivity contribution is 7.90. The van der Waals surface area contributed by atoms with Crippen LogP contribution >= 0.6 is 0 Å². The first kappa shape index (κ1) is 22.5. The van der Waals surface area contributed by atoms with Gasteiger partial charge in [0, 0.05) is 13.1 Å². The molecule has 1 amide bonds. The fourth-order valence-corrected chi connectivity index (χ4v) is 5.86. The Kier molecular flexibility index (Phi) is 5.64. The lowest BCUT2D eigenvalue weighted by atomic mass is 9.97. The van der Waals surface area contributed by atoms with Crippen molar-refractivity contribution >= 4 is 21.7 Å². The van der Waals surface area contributed by atoms with Crippen molar-refractivity contribution < 1.29 is 17.6 Å². The Balaban J connectivity index is 1.38. The van der Waals surface area contributed by atoms with Gasteiger partial charge in [-0.1, -0.05) is 6.07 Å². The number of amides is 1. The lowest BCUT2D eigenvalue weighted by Gasteiger charge is -2.28. The molecule has 3 heterocycles. The van der Waals surface area contributed by atoms with E-state index in [4.69, 9.17) is 0 Å². The maximum atomic E-state index is 14.8. The van der Waals surface area contributed by atoms with Crippen LogP contribution in [0.1, 0.15) is 54.2 Å². The maximum Gasteiger partial charge on any atom is 0.259 e. The monoisotopic (exact) mass is 485 g/mol. The second-order valence-corrected chi connectivity index (χ2v) is 11.0. The molecular formula is C22H24FN7O3S. The van der Waals surface area contributed by atoms with Crippen LogP contribution in [0.5, 0.6) is 0 Å². The smallest absolute Gasteiger partial charge is 0.259 e. The number of sulfonamides is 1. The SMILES string of the molecule is CC(C)n1nnnc1-c1cccc(NC(=O)c2cc3c(cc2F)CCN(S(=O)(=O)C2CC2)C3)n1. The molecule has 0 bridgehead atoms. The van der Waals surface area contributed by atoms with Gasteiger partial charge in [-0.15, -0.1) is 5.10 Å². The Hall–Kier alpha value is -3.25. The van der Waals surface area contributed by atoms with Gasteiger partial charge in [0.05, 0.1) is 16.9 Å². The fourth-order valence-electron chi connectivity index (χ4n) is 4.04. The Morgan fingerprint density at radius 1 is 1.21 bits per heavy atom. The third-order valence-electron chi connectivity index (χ3n) is 6.02. The van der Waals surface area contributed by atoms with E-state index < -0.39 is 21.7 Å². The second-order valence-electron chi connectivity index (χ2n) is 8.83. The zero-order valence-corrected chi connectivity index (χ0v) is 19.6. The van der Waals surface area contributed by atoms with Crippen LogP contribution in [0.25, 0.3) is 11.5 Å². The number of fused-ring (bicyclic) bond motifs is 1. The molecule has 3 aromatic rings. The van der Waals surface area contributed by atoms with Crippen molar-refractivity contribution in [2.24, 2.45) is 0 Å². The van der Waals surface area contributed by atoms with Crippen LogP contribution < -0.4 is 5.32 Å². The molecule has 2 aromatic heterocycles. The normalized spacial score (nSPS) is 16.5. The van der Waals surface area contributed by atoms with Crippen LogP contribution in [0, 0.1) is 5.82 Å². The highest BCUT2D eigenvalue weighted by Crippen LogP contribution is 2.34. The molecule has 0 spiro atoms. The molecule has 1 saturated carbocycles. The summed E-state index contributed by atoms with van der Waals surface area (Å²) in [7, 11) is -3.35. The summed E-state index contributed by atoms with van der Waals surface area (Å²) in [5, 5.41) is 14.0. The van der Waals surface area contributed by atoms with Gasteiger partial charge in [0.1, 0.15) is 17.3 Å². The molecule has 1 fully saturated rings. The van der Waals surface area contributed by atoms with Crippen molar-refractivity contribution in [3.8, 4) is 11.5 Å². The molecule has 12 heteroatoms. The van der Waals surface area contributed by atoms with E-state index in [-0.39, 0.29) is 29.2 Å². The van der Waals surface area contributed by atoms with Gasteiger partial charge in [0.25, 0.3) is 5.91 Å². The van der Waals surface area contributed by atoms with E-state index in [1.165, 1.54) is 16.4 Å². The van der Waals surface area contributed by atoms with Crippen LogP contribution in [-0.4, -0.2) is 55.6 Å². The predicted molar refractivity (Wildman–Crippen MR) is 122 cm³/mol. The van der Waals surface area contributed by atoms with Gasteiger partial charge in [-0.3, -0.25) is 4.79 Å². The van der Waals surface area contributed by atoms with Gasteiger partial charge in [0.15, 0.2) is 0 Å². The van der Waals surface area contributed by atoms with E-state index in [1.807, 2.05) is 13.8 Å². The molecule has 1 aliphatic heterocycles. The number of hydrogen-bond acceptors (Lipinski definition) is 7. The Bertz CT molecular complexity index is 1370. The summed E-state index contributed by atoms with van der Waals surface area (Å²) in [6.45, 7) is 4.33. The van der Waals surface area contributed by atoms with Crippen LogP contribution in [0.2, 0.25) is 0 Å². The number of tetrazole rings is 1. The topological polar surface area (TPSA) is 123 Å². The number of hydrogen-bond donors (Lipinski definition) is 1. The van der Waals surface area contributed by atoms with Crippen LogP contribution in [0.15, 0.2) is 30.3 Å². The number of benzene rings is 1. The van der Waals surface area contributed by atoms with Crippen molar-refractivity contribution in [1.82, 2.24) is 29.5 Å². The zero-order valence-electron chi connectivity index (χ0n) is 18.8. The highest BCUT2D eigenvalue weighted by Gasteiger charge is 2.41. The molecule has 1 aliphatic carbocycles. The van der Waals surface area contributed by atoms with Crippen LogP contribution in [0.3, 0.4) is 0 Å². The first-order valence-electron chi connectivity index (χ1n) is 11.1. The van der Waals surface area contributed by atoms with E-state index in [1.54, 1.807) is 22.9 Å². The molecule has 178 valence electrons. The van der Waals surface area contributed by atoms with E-state index in [9.17, 15) is 17.6 Å². The summed E-state index contributed by atoms with van der Waals surface area (Å²) in [4.78, 5) is 17.3. The molecule has 0 atom stereocenters. The number of nitrogens with one attached hydrogen (secondary N) is 1. The molecule has 2 aliphatic rings. The van der Waals surface area contributed by atoms with E-state index >= 15 is 0 Å². The van der Waals surface area contributed by atoms with Gasteiger partial charge in [-0.25, -0.2) is 22.5 Å². The maximum absolute atomic E-state index is 14.8. The van der Waals surface area contributed by atoms with Crippen LogP contribution in [-0.2, 0) is 23.0 Å². The predicted octanol–water partition coefficient (Wildman–Crippen LogP) is 2.56. The quantitative estimate of drug-likeness (QED) is 0.569. The van der Waals surface area contributed by atoms with Crippen molar-refractivity contribution in [2.75, 3.05) is 11.9 Å². The lowest BCUT2D eigenvalue weighted by Crippen LogP contribution is -2.38. The standard InChI is InChI=1S/C22H24FN7O3S/c1-13(2)30-21(26-27-28-30)19-4-3-5-20(24-19)25-22(31)17-10-15-12-29(34(32,33)16-6-7-16)9-8-14(15)11-18(17)23/h3-5,10-11,13,16H,6-9,12H2,1-2H3,(H,24,25,31). The van der Waals surface area contributed by atoms with Gasteiger partial charge in [-0.05, 0) is 78.9 Å². The van der Waals surface area contributed by atoms with Crippen molar-refractivity contribution in [3.05, 3.63) is 52.8 Å². The molecule has 5 rings (SSSR count). The fraction of sp³-hybridized carbons (Fsp3) is 0.409. The second kappa shape index (κ2) is 8.51. The number of halogens is 1. The van der Waals surface area contributed by atoms with Gasteiger partial charge < -0.3 is 5.32 Å². The third-order valence-corrected chi connectivity index (χ3v) is 8.36. The van der Waals surface area contributed by atoms with Crippen molar-refractivity contribution in [3.63, 3.8) is 0 Å². The number of carbonyl (C=O) groups is 1. The molecule has 0 unspecified atom stereocenters. The number of anilines is 1. The first-order valence-corrected chi connectivity index (χ1v) is 12.6. The Labute approximate surface area is 196 Å². The Morgan fingerprint density at radius 2 is 2.00 bits per heavy atom. The number of aromatic nitrogens is 5. The highest BCUT2D eigenvalue weighted by atomic mass is 32.2. The lowest BCUT2D eigenvalue weighted by molar-refractivity contribution is 0.102. The van der Waals surface area contributed by atoms with Gasteiger partial charge in [0.2, 0.25) is 15.8 Å². The van der Waals surface area contributed by atoms with E-state index in [0.717, 1.165) is 5.56 Å². The summed E-state index contributed by atoms with van der Waals surface area (Å²) in [5.74, 6) is -0.663. The minimum absolute atomic E-state index is 0.0120. The van der Waals surface area contributed by atoms with E-state index in [2.05, 4.69) is 25.8 Å². The minimum Gasteiger partial charge on any atom is -0.306 e. The molecule has 1 aromatic carbocycles. The van der Waals surface area contributed by atoms with Gasteiger partial charge in [-0.2, -0.15) is 4.31 Å². The van der Waals surface area contributed by atoms with Crippen molar-refractivity contribution in [2.45, 2.75) is 50.9 Å². The largest absolute Gasteiger partial charge is 0.306 e. The number of rotatable bonds is 6. The summed E-state index contributed by atoms with van der Waals surface area (Å²) in [6, 6.07) is 7.78. The summed E-state index contributed by atoms with van der Waals surface area (Å²) >= 11 is 0. The molecule has 10 nitrogen and oxygen atoms in total. The summed E-state index contributed by atoms with van der Waals surface area (Å²) < 4.78 is 43.1. The first-order chi connectivity index (χ1) is 16.2. The van der Waals surface area contributed by atoms with Crippen LogP contribution in [0.4, 0.5) is 10.2 Å². The number of nitrogens with zero attached hydrogens (tertiary/aromatic N) is 6. The molecule has 0 radical (unpaired) electrons.